The van der Waals surface area contributed by atoms with Gasteiger partial charge in [0.1, 0.15) is 6.26 Å². The highest BCUT2D eigenvalue weighted by Crippen LogP contribution is 2.02. The minimum atomic E-state index is -0.0278. The lowest BCUT2D eigenvalue weighted by Crippen LogP contribution is -2.23. The van der Waals surface area contributed by atoms with E-state index in [9.17, 15) is 9.59 Å². The lowest BCUT2D eigenvalue weighted by atomic mass is 10.3. The Kier molecular flexibility index (Phi) is 4.93. The van der Waals surface area contributed by atoms with Gasteiger partial charge in [-0.15, -0.1) is 0 Å². The monoisotopic (exact) mass is 237 g/mol. The molecule has 6 heteroatoms. The zero-order valence-electron chi connectivity index (χ0n) is 9.87. The molecule has 92 valence electrons. The van der Waals surface area contributed by atoms with Crippen LogP contribution in [0.15, 0.2) is 35.7 Å². The molecule has 0 saturated carbocycles. The van der Waals surface area contributed by atoms with Crippen LogP contribution < -0.4 is 5.56 Å². The molecule has 2 rings (SSSR count). The van der Waals surface area contributed by atoms with Crippen LogP contribution in [0.1, 0.15) is 12.8 Å². The molecule has 1 aromatic rings. The van der Waals surface area contributed by atoms with Crippen molar-refractivity contribution < 1.29 is 9.63 Å². The molecule has 2 heterocycles. The number of hydroxylamine groups is 2. The first kappa shape index (κ1) is 13.0. The van der Waals surface area contributed by atoms with Gasteiger partial charge in [-0.2, -0.15) is 5.06 Å². The molecule has 17 heavy (non-hydrogen) atoms. The highest BCUT2D eigenvalue weighted by molar-refractivity contribution is 5.75. The summed E-state index contributed by atoms with van der Waals surface area (Å²) in [7, 11) is 3.27. The van der Waals surface area contributed by atoms with E-state index in [0.717, 1.165) is 6.42 Å². The van der Waals surface area contributed by atoms with Crippen molar-refractivity contribution in [2.75, 3.05) is 7.05 Å². The van der Waals surface area contributed by atoms with Crippen LogP contribution in [0.2, 0.25) is 0 Å². The van der Waals surface area contributed by atoms with E-state index in [2.05, 4.69) is 4.98 Å². The number of carbonyl (C=O) groups excluding carboxylic acids is 1. The third-order valence-electron chi connectivity index (χ3n) is 2.08. The molecule has 0 bridgehead atoms. The van der Waals surface area contributed by atoms with Gasteiger partial charge < -0.3 is 9.40 Å². The number of amides is 1. The van der Waals surface area contributed by atoms with Gasteiger partial charge in [0.2, 0.25) is 0 Å². The van der Waals surface area contributed by atoms with Crippen LogP contribution in [-0.4, -0.2) is 27.6 Å². The Bertz CT molecular complexity index is 453. The molecule has 1 amide bonds. The lowest BCUT2D eigenvalue weighted by molar-refractivity contribution is -0.160. The molecule has 0 N–H and O–H groups in total. The molecule has 0 unspecified atom stereocenters. The third-order valence-corrected chi connectivity index (χ3v) is 2.08. The second kappa shape index (κ2) is 6.47. The number of hydrogen-bond donors (Lipinski definition) is 0. The van der Waals surface area contributed by atoms with E-state index in [-0.39, 0.29) is 11.5 Å². The summed E-state index contributed by atoms with van der Waals surface area (Å²) in [6.07, 6.45) is 7.65. The SMILES string of the molecule is CN1OC=CCCC1=O.Cn1cnccc1=O. The van der Waals surface area contributed by atoms with E-state index in [4.69, 9.17) is 4.84 Å². The van der Waals surface area contributed by atoms with Crippen LogP contribution in [0.25, 0.3) is 0 Å². The summed E-state index contributed by atoms with van der Waals surface area (Å²) in [5.41, 5.74) is -0.0278. The summed E-state index contributed by atoms with van der Waals surface area (Å²) in [6.45, 7) is 0. The van der Waals surface area contributed by atoms with E-state index < -0.39 is 0 Å². The second-order valence-corrected chi connectivity index (χ2v) is 3.44. The Balaban J connectivity index is 0.000000171. The largest absolute Gasteiger partial charge is 0.385 e. The first-order chi connectivity index (χ1) is 8.11. The van der Waals surface area contributed by atoms with Gasteiger partial charge in [-0.1, -0.05) is 0 Å². The molecule has 0 radical (unpaired) electrons. The maximum absolute atomic E-state index is 10.8. The van der Waals surface area contributed by atoms with Crippen LogP contribution in [0.4, 0.5) is 0 Å². The Morgan fingerprint density at radius 2 is 2.12 bits per heavy atom. The number of allylic oxidation sites excluding steroid dienone is 1. The Labute approximate surface area is 99.1 Å². The first-order valence-electron chi connectivity index (χ1n) is 5.16. The fourth-order valence-electron chi connectivity index (χ4n) is 1.05. The van der Waals surface area contributed by atoms with Gasteiger partial charge in [0.25, 0.3) is 11.5 Å². The van der Waals surface area contributed by atoms with Crippen molar-refractivity contribution in [1.29, 1.82) is 0 Å². The quantitative estimate of drug-likeness (QED) is 0.657. The molecule has 0 aliphatic carbocycles. The van der Waals surface area contributed by atoms with Gasteiger partial charge in [-0.3, -0.25) is 9.59 Å². The van der Waals surface area contributed by atoms with Crippen molar-refractivity contribution in [3.8, 4) is 0 Å². The van der Waals surface area contributed by atoms with Crippen LogP contribution in [0.3, 0.4) is 0 Å². The van der Waals surface area contributed by atoms with Crippen molar-refractivity contribution in [1.82, 2.24) is 14.6 Å². The van der Waals surface area contributed by atoms with Gasteiger partial charge >= 0.3 is 0 Å². The molecule has 0 aromatic carbocycles. The standard InChI is InChI=1S/C6H9NO2.C5H6N2O/c1-7-6(8)4-2-3-5-9-7;1-7-4-6-3-2-5(7)8/h3,5H,2,4H2,1H3;2-4H,1H3. The highest BCUT2D eigenvalue weighted by Gasteiger charge is 2.08. The summed E-state index contributed by atoms with van der Waals surface area (Å²) in [4.78, 5) is 29.8. The van der Waals surface area contributed by atoms with Crippen LogP contribution in [0.5, 0.6) is 0 Å². The number of carbonyl (C=O) groups is 1. The molecule has 1 aliphatic heterocycles. The zero-order chi connectivity index (χ0) is 12.7. The van der Waals surface area contributed by atoms with Gasteiger partial charge in [-0.25, -0.2) is 4.98 Å². The second-order valence-electron chi connectivity index (χ2n) is 3.44. The molecular weight excluding hydrogens is 222 g/mol. The number of rotatable bonds is 0. The molecule has 0 fully saturated rings. The number of aromatic nitrogens is 2. The van der Waals surface area contributed by atoms with Crippen molar-refractivity contribution in [2.45, 2.75) is 12.8 Å². The molecule has 0 atom stereocenters. The van der Waals surface area contributed by atoms with E-state index in [1.807, 2.05) is 6.08 Å². The summed E-state index contributed by atoms with van der Waals surface area (Å²) < 4.78 is 1.42. The fraction of sp³-hybridized carbons (Fsp3) is 0.364. The molecule has 6 nitrogen and oxygen atoms in total. The predicted octanol–water partition coefficient (Wildman–Crippen LogP) is 0.464. The Hall–Kier alpha value is -2.11. The predicted molar refractivity (Wildman–Crippen MR) is 61.7 cm³/mol. The maximum atomic E-state index is 10.8. The van der Waals surface area contributed by atoms with Gasteiger partial charge in [0, 0.05) is 32.8 Å². The van der Waals surface area contributed by atoms with E-state index in [1.165, 1.54) is 34.5 Å². The fourth-order valence-corrected chi connectivity index (χ4v) is 1.05. The normalized spacial score (nSPS) is 14.5. The van der Waals surface area contributed by atoms with Crippen molar-refractivity contribution >= 4 is 5.91 Å². The number of hydrogen-bond acceptors (Lipinski definition) is 4. The number of nitrogens with zero attached hydrogens (tertiary/aromatic N) is 3. The Morgan fingerprint density at radius 3 is 2.71 bits per heavy atom. The smallest absolute Gasteiger partial charge is 0.255 e. The maximum Gasteiger partial charge on any atom is 0.255 e. The van der Waals surface area contributed by atoms with Crippen LogP contribution >= 0.6 is 0 Å². The molecule has 1 aliphatic rings. The summed E-state index contributed by atoms with van der Waals surface area (Å²) >= 11 is 0. The molecular formula is C11H15N3O3. The average molecular weight is 237 g/mol. The van der Waals surface area contributed by atoms with E-state index >= 15 is 0 Å². The molecule has 1 aromatic heterocycles. The molecule has 0 saturated heterocycles. The van der Waals surface area contributed by atoms with Crippen molar-refractivity contribution in [3.63, 3.8) is 0 Å². The summed E-state index contributed by atoms with van der Waals surface area (Å²) in [5, 5.41) is 1.24. The first-order valence-corrected chi connectivity index (χ1v) is 5.16. The highest BCUT2D eigenvalue weighted by atomic mass is 16.7. The van der Waals surface area contributed by atoms with Gasteiger partial charge in [0.05, 0.1) is 6.33 Å². The zero-order valence-corrected chi connectivity index (χ0v) is 9.87. The summed E-state index contributed by atoms with van der Waals surface area (Å²) in [6, 6.07) is 1.42. The minimum Gasteiger partial charge on any atom is -0.385 e. The van der Waals surface area contributed by atoms with Gasteiger partial charge in [-0.05, 0) is 12.5 Å². The topological polar surface area (TPSA) is 64.4 Å². The summed E-state index contributed by atoms with van der Waals surface area (Å²) in [5.74, 6) is 0.0278. The minimum absolute atomic E-state index is 0.0278. The Morgan fingerprint density at radius 1 is 1.35 bits per heavy atom. The van der Waals surface area contributed by atoms with E-state index in [0.29, 0.717) is 6.42 Å². The van der Waals surface area contributed by atoms with Gasteiger partial charge in [0.15, 0.2) is 0 Å². The van der Waals surface area contributed by atoms with Crippen molar-refractivity contribution in [3.05, 3.63) is 41.3 Å². The van der Waals surface area contributed by atoms with Crippen LogP contribution in [-0.2, 0) is 16.7 Å². The number of aryl methyl sites for hydroxylation is 1. The van der Waals surface area contributed by atoms with E-state index in [1.54, 1.807) is 14.1 Å². The average Bonchev–Trinajstić information content (AvgIpc) is 2.50. The van der Waals surface area contributed by atoms with Crippen LogP contribution in [0, 0.1) is 0 Å². The third kappa shape index (κ3) is 4.50. The van der Waals surface area contributed by atoms with Crippen molar-refractivity contribution in [2.24, 2.45) is 7.05 Å². The molecule has 0 spiro atoms. The lowest BCUT2D eigenvalue weighted by Gasteiger charge is -2.11.